The van der Waals surface area contributed by atoms with Crippen LogP contribution in [0.15, 0.2) is 82.6 Å². The van der Waals surface area contributed by atoms with Gasteiger partial charge < -0.3 is 19.8 Å². The summed E-state index contributed by atoms with van der Waals surface area (Å²) in [5, 5.41) is 3.21. The summed E-state index contributed by atoms with van der Waals surface area (Å²) in [5.41, 5.74) is 1.82. The highest BCUT2D eigenvalue weighted by Crippen LogP contribution is 2.53. The molecule has 3 heterocycles. The van der Waals surface area contributed by atoms with E-state index in [0.717, 1.165) is 21.8 Å². The van der Waals surface area contributed by atoms with Crippen molar-refractivity contribution in [2.75, 3.05) is 23.9 Å². The first kappa shape index (κ1) is 27.1. The monoisotopic (exact) mass is 607 g/mol. The topological polar surface area (TPSA) is 118 Å². The van der Waals surface area contributed by atoms with Crippen molar-refractivity contribution >= 4 is 63.8 Å². The van der Waals surface area contributed by atoms with E-state index in [1.165, 1.54) is 16.7 Å². The SMILES string of the molecule is COc1ccc(N2C(=O)C3Sc4[nH]c(=O)sc4[C@H](c4ccc(OCC(=O)Nc5ccc(Cl)cc5)cc4)C3C2=O)cc1. The van der Waals surface area contributed by atoms with Crippen molar-refractivity contribution in [1.82, 2.24) is 4.98 Å². The molecule has 208 valence electrons. The van der Waals surface area contributed by atoms with E-state index in [-0.39, 0.29) is 29.2 Å². The van der Waals surface area contributed by atoms with E-state index >= 15 is 0 Å². The summed E-state index contributed by atoms with van der Waals surface area (Å²) in [5.74, 6) is -1.13. The maximum atomic E-state index is 13.8. The van der Waals surface area contributed by atoms with E-state index in [4.69, 9.17) is 21.1 Å². The Labute approximate surface area is 247 Å². The number of rotatable bonds is 7. The van der Waals surface area contributed by atoms with E-state index in [0.29, 0.717) is 32.9 Å². The number of ether oxygens (including phenoxy) is 2. The molecule has 1 fully saturated rings. The molecule has 0 aliphatic carbocycles. The standard InChI is InChI=1S/C29H22ClN3O6S2/c1-38-19-12-8-18(9-13-19)33-27(35)23-22(24-26(32-29(37)41-24)40-25(23)28(33)36)15-2-10-20(11-3-15)39-14-21(34)31-17-6-4-16(30)5-7-17/h2-13,22-23,25H,14H2,1H3,(H,31,34)(H,32,37)/t22-,23?,25?/m1/s1. The number of fused-ring (bicyclic) bond motifs is 2. The summed E-state index contributed by atoms with van der Waals surface area (Å²) >= 11 is 8.15. The number of aromatic amines is 1. The quantitative estimate of drug-likeness (QED) is 0.287. The lowest BCUT2D eigenvalue weighted by atomic mass is 9.83. The summed E-state index contributed by atoms with van der Waals surface area (Å²) in [6.45, 7) is -0.208. The Kier molecular flexibility index (Phi) is 7.33. The average Bonchev–Trinajstić information content (AvgIpc) is 3.47. The molecule has 2 unspecified atom stereocenters. The van der Waals surface area contributed by atoms with Crippen molar-refractivity contribution in [3.8, 4) is 11.5 Å². The molecule has 9 nitrogen and oxygen atoms in total. The molecular formula is C29H22ClN3O6S2. The minimum Gasteiger partial charge on any atom is -0.497 e. The number of nitrogens with zero attached hydrogens (tertiary/aromatic N) is 1. The highest BCUT2D eigenvalue weighted by Gasteiger charge is 2.56. The number of aromatic nitrogens is 1. The van der Waals surface area contributed by atoms with Gasteiger partial charge in [0.15, 0.2) is 6.61 Å². The molecule has 0 saturated carbocycles. The molecule has 0 radical (unpaired) electrons. The summed E-state index contributed by atoms with van der Waals surface area (Å²) in [6.07, 6.45) is 0. The van der Waals surface area contributed by atoms with Crippen LogP contribution in [-0.4, -0.2) is 41.7 Å². The highest BCUT2D eigenvalue weighted by atomic mass is 35.5. The molecule has 1 saturated heterocycles. The summed E-state index contributed by atoms with van der Waals surface area (Å²) in [6, 6.07) is 20.5. The maximum absolute atomic E-state index is 13.8. The van der Waals surface area contributed by atoms with Crippen LogP contribution in [0.1, 0.15) is 16.4 Å². The molecule has 2 N–H and O–H groups in total. The number of thiazole rings is 1. The molecule has 3 aromatic carbocycles. The minimum atomic E-state index is -0.703. The molecule has 2 aliphatic heterocycles. The normalized spacial score (nSPS) is 19.5. The predicted molar refractivity (Wildman–Crippen MR) is 157 cm³/mol. The molecule has 1 aromatic heterocycles. The second-order valence-electron chi connectivity index (χ2n) is 9.37. The molecule has 0 bridgehead atoms. The van der Waals surface area contributed by atoms with Gasteiger partial charge in [-0.15, -0.1) is 0 Å². The number of hydrogen-bond acceptors (Lipinski definition) is 8. The van der Waals surface area contributed by atoms with Crippen molar-refractivity contribution in [1.29, 1.82) is 0 Å². The number of H-pyrrole nitrogens is 1. The van der Waals surface area contributed by atoms with E-state index in [1.54, 1.807) is 79.9 Å². The number of amides is 3. The van der Waals surface area contributed by atoms with Gasteiger partial charge in [0, 0.05) is 21.5 Å². The third-order valence-corrected chi connectivity index (χ3v) is 9.54. The van der Waals surface area contributed by atoms with Gasteiger partial charge in [-0.2, -0.15) is 0 Å². The van der Waals surface area contributed by atoms with Crippen LogP contribution in [-0.2, 0) is 14.4 Å². The zero-order valence-corrected chi connectivity index (χ0v) is 23.8. The fourth-order valence-electron chi connectivity index (χ4n) is 5.01. The lowest BCUT2D eigenvalue weighted by Gasteiger charge is -2.29. The van der Waals surface area contributed by atoms with Crippen LogP contribution in [0.3, 0.4) is 0 Å². The summed E-state index contributed by atoms with van der Waals surface area (Å²) in [7, 11) is 1.54. The van der Waals surface area contributed by atoms with Crippen LogP contribution < -0.4 is 24.6 Å². The van der Waals surface area contributed by atoms with Crippen molar-refractivity contribution < 1.29 is 23.9 Å². The van der Waals surface area contributed by atoms with Gasteiger partial charge in [-0.3, -0.25) is 19.2 Å². The van der Waals surface area contributed by atoms with Gasteiger partial charge >= 0.3 is 4.87 Å². The van der Waals surface area contributed by atoms with Gasteiger partial charge in [-0.05, 0) is 66.2 Å². The van der Waals surface area contributed by atoms with Gasteiger partial charge in [0.2, 0.25) is 11.8 Å². The Morgan fingerprint density at radius 3 is 2.32 bits per heavy atom. The van der Waals surface area contributed by atoms with Gasteiger partial charge in [0.1, 0.15) is 16.7 Å². The molecule has 12 heteroatoms. The van der Waals surface area contributed by atoms with Gasteiger partial charge in [-0.1, -0.05) is 46.8 Å². The number of halogens is 1. The van der Waals surface area contributed by atoms with Crippen LogP contribution in [0.25, 0.3) is 0 Å². The number of imide groups is 1. The second kappa shape index (κ2) is 11.1. The number of carbonyl (C=O) groups is 3. The maximum Gasteiger partial charge on any atom is 0.305 e. The summed E-state index contributed by atoms with van der Waals surface area (Å²) in [4.78, 5) is 56.5. The number of nitrogens with one attached hydrogen (secondary N) is 2. The van der Waals surface area contributed by atoms with Crippen molar-refractivity contribution in [3.63, 3.8) is 0 Å². The third kappa shape index (κ3) is 5.23. The van der Waals surface area contributed by atoms with E-state index in [1.807, 2.05) is 0 Å². The zero-order valence-electron chi connectivity index (χ0n) is 21.5. The molecule has 3 amide bonds. The molecule has 0 spiro atoms. The third-order valence-electron chi connectivity index (χ3n) is 6.89. The van der Waals surface area contributed by atoms with Crippen molar-refractivity contribution in [2.24, 2.45) is 5.92 Å². The fraction of sp³-hybridized carbons (Fsp3) is 0.172. The van der Waals surface area contributed by atoms with Gasteiger partial charge in [-0.25, -0.2) is 4.90 Å². The molecule has 4 aromatic rings. The van der Waals surface area contributed by atoms with Crippen LogP contribution in [0.2, 0.25) is 5.02 Å². The first-order chi connectivity index (χ1) is 19.8. The van der Waals surface area contributed by atoms with E-state index in [9.17, 15) is 19.2 Å². The van der Waals surface area contributed by atoms with Crippen molar-refractivity contribution in [3.05, 3.63) is 97.9 Å². The van der Waals surface area contributed by atoms with Crippen LogP contribution in [0.4, 0.5) is 11.4 Å². The molecule has 2 aliphatic rings. The molecular weight excluding hydrogens is 586 g/mol. The zero-order chi connectivity index (χ0) is 28.7. The Balaban J connectivity index is 1.23. The molecule has 6 rings (SSSR count). The first-order valence-electron chi connectivity index (χ1n) is 12.5. The number of anilines is 2. The first-order valence-corrected chi connectivity index (χ1v) is 14.6. The second-order valence-corrected chi connectivity index (χ2v) is 12.0. The van der Waals surface area contributed by atoms with Crippen LogP contribution in [0, 0.1) is 5.92 Å². The Bertz CT molecular complexity index is 1690. The van der Waals surface area contributed by atoms with Crippen molar-refractivity contribution in [2.45, 2.75) is 16.2 Å². The minimum absolute atomic E-state index is 0.208. The Hall–Kier alpha value is -4.06. The lowest BCUT2D eigenvalue weighted by Crippen LogP contribution is -2.32. The molecule has 3 atom stereocenters. The van der Waals surface area contributed by atoms with E-state index in [2.05, 4.69) is 10.3 Å². The average molecular weight is 608 g/mol. The predicted octanol–water partition coefficient (Wildman–Crippen LogP) is 4.91. The van der Waals surface area contributed by atoms with Gasteiger partial charge in [0.25, 0.3) is 5.91 Å². The van der Waals surface area contributed by atoms with Crippen LogP contribution >= 0.6 is 34.7 Å². The highest BCUT2D eigenvalue weighted by molar-refractivity contribution is 8.00. The number of thioether (sulfide) groups is 1. The number of benzene rings is 3. The lowest BCUT2D eigenvalue weighted by molar-refractivity contribution is -0.122. The largest absolute Gasteiger partial charge is 0.497 e. The van der Waals surface area contributed by atoms with E-state index < -0.39 is 17.1 Å². The number of methoxy groups -OCH3 is 1. The fourth-order valence-corrected chi connectivity index (χ4v) is 7.65. The smallest absolute Gasteiger partial charge is 0.305 e. The number of hydrogen-bond donors (Lipinski definition) is 2. The summed E-state index contributed by atoms with van der Waals surface area (Å²) < 4.78 is 10.9. The van der Waals surface area contributed by atoms with Gasteiger partial charge in [0.05, 0.1) is 23.7 Å². The Morgan fingerprint density at radius 1 is 0.951 bits per heavy atom. The molecule has 41 heavy (non-hydrogen) atoms. The Morgan fingerprint density at radius 2 is 1.63 bits per heavy atom. The number of carbonyl (C=O) groups excluding carboxylic acids is 3. The van der Waals surface area contributed by atoms with Crippen LogP contribution in [0.5, 0.6) is 11.5 Å².